The number of hydrogen-bond donors (Lipinski definition) is 0. The highest BCUT2D eigenvalue weighted by atomic mass is 16.2. The van der Waals surface area contributed by atoms with Gasteiger partial charge in [-0.15, -0.1) is 5.73 Å². The van der Waals surface area contributed by atoms with Gasteiger partial charge in [0.05, 0.1) is 0 Å². The fourth-order valence-electron chi connectivity index (χ4n) is 4.16. The Morgan fingerprint density at radius 2 is 2.03 bits per heavy atom. The Labute approximate surface area is 175 Å². The molecule has 0 aromatic rings. The van der Waals surface area contributed by atoms with Crippen LogP contribution in [0.3, 0.4) is 0 Å². The normalized spacial score (nSPS) is 25.2. The van der Waals surface area contributed by atoms with E-state index in [0.29, 0.717) is 6.42 Å². The van der Waals surface area contributed by atoms with E-state index in [1.165, 1.54) is 16.7 Å². The minimum Gasteiger partial charge on any atom is -0.343 e. The van der Waals surface area contributed by atoms with Crippen LogP contribution >= 0.6 is 0 Å². The number of nitrogens with zero attached hydrogens (tertiary/aromatic N) is 1. The van der Waals surface area contributed by atoms with Crippen LogP contribution in [0.4, 0.5) is 0 Å². The van der Waals surface area contributed by atoms with Crippen molar-refractivity contribution >= 4 is 11.7 Å². The Hall–Kier alpha value is -2.38. The predicted molar refractivity (Wildman–Crippen MR) is 118 cm³/mol. The van der Waals surface area contributed by atoms with E-state index in [4.69, 9.17) is 0 Å². The molecule has 0 saturated heterocycles. The molecule has 1 amide bonds. The largest absolute Gasteiger partial charge is 0.343 e. The number of amides is 1. The molecule has 3 aliphatic rings. The zero-order chi connectivity index (χ0) is 21.0. The van der Waals surface area contributed by atoms with Crippen molar-refractivity contribution in [2.45, 2.75) is 71.8 Å². The highest BCUT2D eigenvalue weighted by Gasteiger charge is 2.23. The quantitative estimate of drug-likeness (QED) is 0.461. The van der Waals surface area contributed by atoms with Crippen LogP contribution in [0.2, 0.25) is 0 Å². The summed E-state index contributed by atoms with van der Waals surface area (Å²) in [5, 5.41) is 0. The molecule has 0 saturated carbocycles. The van der Waals surface area contributed by atoms with Crippen molar-refractivity contribution in [2.75, 3.05) is 7.05 Å². The number of hydrogen-bond acceptors (Lipinski definition) is 2. The molecule has 29 heavy (non-hydrogen) atoms. The summed E-state index contributed by atoms with van der Waals surface area (Å²) in [4.78, 5) is 26.4. The number of rotatable bonds is 4. The molecule has 154 valence electrons. The predicted octanol–water partition coefficient (Wildman–Crippen LogP) is 5.62. The smallest absolute Gasteiger partial charge is 0.219 e. The van der Waals surface area contributed by atoms with E-state index in [1.807, 2.05) is 24.1 Å². The molecule has 3 rings (SSSR count). The van der Waals surface area contributed by atoms with Crippen molar-refractivity contribution in [3.63, 3.8) is 0 Å². The van der Waals surface area contributed by atoms with Gasteiger partial charge in [-0.25, -0.2) is 0 Å². The Morgan fingerprint density at radius 3 is 2.72 bits per heavy atom. The molecule has 0 fully saturated rings. The van der Waals surface area contributed by atoms with E-state index in [0.717, 1.165) is 44.1 Å². The lowest BCUT2D eigenvalue weighted by Gasteiger charge is -2.30. The minimum atomic E-state index is 0.101. The average molecular weight is 392 g/mol. The summed E-state index contributed by atoms with van der Waals surface area (Å²) in [6.07, 6.45) is 18.7. The lowest BCUT2D eigenvalue weighted by molar-refractivity contribution is -0.129. The van der Waals surface area contributed by atoms with Gasteiger partial charge in [-0.1, -0.05) is 37.6 Å². The van der Waals surface area contributed by atoms with Crippen molar-refractivity contribution in [3.05, 3.63) is 64.5 Å². The lowest BCUT2D eigenvalue weighted by Crippen LogP contribution is -2.36. The second kappa shape index (κ2) is 8.97. The van der Waals surface area contributed by atoms with Crippen LogP contribution in [0.5, 0.6) is 0 Å². The molecule has 0 radical (unpaired) electrons. The van der Waals surface area contributed by atoms with Gasteiger partial charge in [0.2, 0.25) is 5.91 Å². The van der Waals surface area contributed by atoms with Gasteiger partial charge < -0.3 is 4.90 Å². The maximum absolute atomic E-state index is 13.0. The van der Waals surface area contributed by atoms with E-state index >= 15 is 0 Å². The highest BCUT2D eigenvalue weighted by Crippen LogP contribution is 2.34. The summed E-state index contributed by atoms with van der Waals surface area (Å²) in [6.45, 7) is 6.14. The Bertz CT molecular complexity index is 872. The Morgan fingerprint density at radius 1 is 1.24 bits per heavy atom. The summed E-state index contributed by atoms with van der Waals surface area (Å²) in [6, 6.07) is 0.253. The summed E-state index contributed by atoms with van der Waals surface area (Å²) >= 11 is 0. The molecule has 0 bridgehead atoms. The summed E-state index contributed by atoms with van der Waals surface area (Å²) in [5.41, 5.74) is 7.91. The van der Waals surface area contributed by atoms with E-state index in [-0.39, 0.29) is 23.1 Å². The van der Waals surface area contributed by atoms with Gasteiger partial charge in [-0.2, -0.15) is 0 Å². The van der Waals surface area contributed by atoms with Crippen molar-refractivity contribution in [1.82, 2.24) is 4.90 Å². The number of ketones is 1. The number of allylic oxidation sites excluding steroid dienone is 8. The van der Waals surface area contributed by atoms with Gasteiger partial charge in [0, 0.05) is 32.0 Å². The third-order valence-electron chi connectivity index (χ3n) is 6.43. The zero-order valence-corrected chi connectivity index (χ0v) is 18.3. The molecule has 0 aliphatic heterocycles. The van der Waals surface area contributed by atoms with Crippen LogP contribution < -0.4 is 0 Å². The zero-order valence-electron chi connectivity index (χ0n) is 18.3. The van der Waals surface area contributed by atoms with Crippen LogP contribution in [0.15, 0.2) is 64.5 Å². The average Bonchev–Trinajstić information content (AvgIpc) is 2.79. The maximum Gasteiger partial charge on any atom is 0.219 e. The monoisotopic (exact) mass is 391 g/mol. The molecule has 1 atom stereocenters. The first-order valence-electron chi connectivity index (χ1n) is 10.7. The third kappa shape index (κ3) is 5.58. The molecule has 0 heterocycles. The minimum absolute atomic E-state index is 0.101. The van der Waals surface area contributed by atoms with Crippen molar-refractivity contribution in [2.24, 2.45) is 5.41 Å². The van der Waals surface area contributed by atoms with E-state index in [2.05, 4.69) is 43.9 Å². The van der Waals surface area contributed by atoms with E-state index < -0.39 is 0 Å². The summed E-state index contributed by atoms with van der Waals surface area (Å²) in [5.74, 6) is 0.265. The van der Waals surface area contributed by atoms with Gasteiger partial charge in [0.1, 0.15) is 0 Å². The first-order chi connectivity index (χ1) is 13.7. The summed E-state index contributed by atoms with van der Waals surface area (Å²) < 4.78 is 0. The second-order valence-corrected chi connectivity index (χ2v) is 9.21. The van der Waals surface area contributed by atoms with Crippen LogP contribution in [-0.2, 0) is 9.59 Å². The number of carbonyl (C=O) groups excluding carboxylic acids is 2. The molecule has 3 aliphatic carbocycles. The molecular weight excluding hydrogens is 358 g/mol. The first-order valence-corrected chi connectivity index (χ1v) is 10.7. The van der Waals surface area contributed by atoms with Crippen molar-refractivity contribution in [1.29, 1.82) is 0 Å². The molecule has 3 heteroatoms. The molecule has 0 N–H and O–H groups in total. The Kier molecular flexibility index (Phi) is 6.59. The van der Waals surface area contributed by atoms with Gasteiger partial charge in [0.25, 0.3) is 0 Å². The van der Waals surface area contributed by atoms with Crippen molar-refractivity contribution in [3.8, 4) is 0 Å². The van der Waals surface area contributed by atoms with E-state index in [9.17, 15) is 9.59 Å². The second-order valence-electron chi connectivity index (χ2n) is 9.21. The first kappa shape index (κ1) is 21.3. The van der Waals surface area contributed by atoms with Crippen LogP contribution in [0.1, 0.15) is 65.7 Å². The maximum atomic E-state index is 13.0. The lowest BCUT2D eigenvalue weighted by atomic mass is 9.86. The summed E-state index contributed by atoms with van der Waals surface area (Å²) in [7, 11) is 1.86. The number of carbonyl (C=O) groups is 2. The fraction of sp³-hybridized carbons (Fsp3) is 0.500. The van der Waals surface area contributed by atoms with Crippen LogP contribution in [0, 0.1) is 5.41 Å². The van der Waals surface area contributed by atoms with E-state index in [1.54, 1.807) is 6.92 Å². The molecule has 3 nitrogen and oxygen atoms in total. The van der Waals surface area contributed by atoms with Gasteiger partial charge >= 0.3 is 0 Å². The van der Waals surface area contributed by atoms with Gasteiger partial charge in [0.15, 0.2) is 5.78 Å². The molecule has 0 aromatic heterocycles. The Balaban J connectivity index is 1.72. The molecule has 0 aromatic carbocycles. The van der Waals surface area contributed by atoms with Gasteiger partial charge in [-0.3, -0.25) is 9.59 Å². The third-order valence-corrected chi connectivity index (χ3v) is 6.43. The van der Waals surface area contributed by atoms with Crippen molar-refractivity contribution < 1.29 is 9.59 Å². The molecular formula is C26H33NO2. The molecule has 0 spiro atoms. The van der Waals surface area contributed by atoms with Gasteiger partial charge in [-0.05, 0) is 73.3 Å². The highest BCUT2D eigenvalue weighted by molar-refractivity contribution is 5.99. The SMILES string of the molecule is CC(=O)N(C)[C@@H]1CC=C(CC(=O)/C2=C/C3=C(C=CC(C)(C)CC3)CC=C=C2)CC1. The standard InChI is InChI=1S/C26H33NO2/c1-19(28)27(4)24-11-9-20(10-12-24)17-25(29)23-8-6-5-7-21-13-15-26(2,3)16-14-22(21)18-23/h5,8-9,13,15,18,24H,7,10-12,14,16-17H2,1-4H3/b23-18+/t6?,24-/m1/s1. The fourth-order valence-corrected chi connectivity index (χ4v) is 4.16. The number of Topliss-reactive ketones (excluding diaryl/α,β-unsaturated/α-hetero) is 1. The van der Waals surface area contributed by atoms with Crippen LogP contribution in [-0.4, -0.2) is 29.7 Å². The van der Waals surface area contributed by atoms with Crippen LogP contribution in [0.25, 0.3) is 0 Å². The topological polar surface area (TPSA) is 37.4 Å². The molecule has 0 unspecified atom stereocenters.